The second kappa shape index (κ2) is 6.24. The number of hydrogen-bond donors (Lipinski definition) is 2. The Balaban J connectivity index is 2.19. The average molecular weight is 455 g/mol. The van der Waals surface area contributed by atoms with E-state index < -0.39 is 0 Å². The summed E-state index contributed by atoms with van der Waals surface area (Å²) in [6.07, 6.45) is 1.95. The Morgan fingerprint density at radius 3 is 2.47 bits per heavy atom. The minimum Gasteiger partial charge on any atom is -0.324 e. The van der Waals surface area contributed by atoms with Gasteiger partial charge in [0.15, 0.2) is 0 Å². The summed E-state index contributed by atoms with van der Waals surface area (Å²) in [7, 11) is 0. The highest BCUT2D eigenvalue weighted by atomic mass is 79.9. The summed E-state index contributed by atoms with van der Waals surface area (Å²) in [6, 6.07) is 3.84. The zero-order valence-electron chi connectivity index (χ0n) is 10.5. The molecule has 2 N–H and O–H groups in total. The topological polar surface area (TPSA) is 41.1 Å². The molecule has 1 unspecified atom stereocenters. The van der Waals surface area contributed by atoms with Crippen LogP contribution >= 0.6 is 47.8 Å². The van der Waals surface area contributed by atoms with Crippen LogP contribution in [0.4, 0.5) is 5.69 Å². The summed E-state index contributed by atoms with van der Waals surface area (Å²) in [5.41, 5.74) is 0.435. The van der Waals surface area contributed by atoms with Gasteiger partial charge in [0.05, 0.1) is 11.1 Å². The molecule has 2 rings (SSSR count). The van der Waals surface area contributed by atoms with Crippen LogP contribution in [-0.4, -0.2) is 19.0 Å². The molecular formula is C13H15Br3N2O. The summed E-state index contributed by atoms with van der Waals surface area (Å²) in [4.78, 5) is 12.5. The third-order valence-electron chi connectivity index (χ3n) is 3.39. The normalized spacial score (nSPS) is 23.2. The molecule has 3 nitrogen and oxygen atoms in total. The minimum absolute atomic E-state index is 0.0587. The number of rotatable bonds is 2. The van der Waals surface area contributed by atoms with Crippen molar-refractivity contribution in [1.29, 1.82) is 0 Å². The van der Waals surface area contributed by atoms with Gasteiger partial charge in [-0.1, -0.05) is 15.9 Å². The predicted molar refractivity (Wildman–Crippen MR) is 88.4 cm³/mol. The van der Waals surface area contributed by atoms with Crippen molar-refractivity contribution in [1.82, 2.24) is 5.32 Å². The van der Waals surface area contributed by atoms with Crippen LogP contribution in [0.5, 0.6) is 0 Å². The van der Waals surface area contributed by atoms with E-state index in [-0.39, 0.29) is 11.3 Å². The molecule has 1 aliphatic heterocycles. The van der Waals surface area contributed by atoms with Crippen molar-refractivity contribution in [2.24, 2.45) is 5.41 Å². The van der Waals surface area contributed by atoms with Crippen molar-refractivity contribution in [3.05, 3.63) is 25.6 Å². The van der Waals surface area contributed by atoms with Crippen LogP contribution in [-0.2, 0) is 4.79 Å². The van der Waals surface area contributed by atoms with Gasteiger partial charge < -0.3 is 10.6 Å². The Kier molecular flexibility index (Phi) is 5.09. The fourth-order valence-electron chi connectivity index (χ4n) is 2.18. The molecule has 1 heterocycles. The Morgan fingerprint density at radius 1 is 1.32 bits per heavy atom. The van der Waals surface area contributed by atoms with Gasteiger partial charge in [0.1, 0.15) is 0 Å². The molecule has 0 spiro atoms. The number of benzene rings is 1. The highest BCUT2D eigenvalue weighted by molar-refractivity contribution is 9.11. The van der Waals surface area contributed by atoms with Crippen LogP contribution in [0.15, 0.2) is 25.6 Å². The zero-order chi connectivity index (χ0) is 14.0. The molecule has 1 aliphatic rings. The molecule has 1 atom stereocenters. The summed E-state index contributed by atoms with van der Waals surface area (Å²) in [6.45, 7) is 3.73. The quantitative estimate of drug-likeness (QED) is 0.699. The highest BCUT2D eigenvalue weighted by Gasteiger charge is 2.35. The fourth-order valence-corrected chi connectivity index (χ4v) is 4.63. The lowest BCUT2D eigenvalue weighted by molar-refractivity contribution is -0.125. The van der Waals surface area contributed by atoms with E-state index in [1.54, 1.807) is 0 Å². The van der Waals surface area contributed by atoms with Gasteiger partial charge in [-0.2, -0.15) is 0 Å². The van der Waals surface area contributed by atoms with E-state index in [0.717, 1.165) is 45.0 Å². The van der Waals surface area contributed by atoms with Crippen molar-refractivity contribution in [2.75, 3.05) is 18.4 Å². The molecule has 1 aromatic carbocycles. The molecule has 6 heteroatoms. The van der Waals surface area contributed by atoms with E-state index in [1.165, 1.54) is 0 Å². The summed E-state index contributed by atoms with van der Waals surface area (Å²) < 4.78 is 2.67. The third-order valence-corrected chi connectivity index (χ3v) is 5.10. The van der Waals surface area contributed by atoms with E-state index in [2.05, 4.69) is 58.4 Å². The van der Waals surface area contributed by atoms with Crippen LogP contribution in [0, 0.1) is 5.41 Å². The number of amides is 1. The fraction of sp³-hybridized carbons (Fsp3) is 0.462. The van der Waals surface area contributed by atoms with Crippen LogP contribution < -0.4 is 10.6 Å². The number of anilines is 1. The first-order valence-corrected chi connectivity index (χ1v) is 8.47. The monoisotopic (exact) mass is 452 g/mol. The lowest BCUT2D eigenvalue weighted by Gasteiger charge is -2.32. The lowest BCUT2D eigenvalue weighted by atomic mass is 9.82. The average Bonchev–Trinajstić information content (AvgIpc) is 2.34. The first-order chi connectivity index (χ1) is 8.92. The predicted octanol–water partition coefficient (Wildman–Crippen LogP) is 4.30. The van der Waals surface area contributed by atoms with E-state index >= 15 is 0 Å². The van der Waals surface area contributed by atoms with Gasteiger partial charge in [-0.05, 0) is 70.3 Å². The summed E-state index contributed by atoms with van der Waals surface area (Å²) in [5.74, 6) is 0.0587. The minimum atomic E-state index is -0.343. The van der Waals surface area contributed by atoms with Gasteiger partial charge in [-0.15, -0.1) is 0 Å². The standard InChI is InChI=1S/C13H15Br3N2O/c1-13(3-2-4-17-7-13)12(19)18-11-9(15)5-8(14)6-10(11)16/h5-6,17H,2-4,7H2,1H3,(H,18,19). The maximum atomic E-state index is 12.5. The van der Waals surface area contributed by atoms with E-state index in [9.17, 15) is 4.79 Å². The molecule has 1 amide bonds. The van der Waals surface area contributed by atoms with Crippen LogP contribution in [0.3, 0.4) is 0 Å². The highest BCUT2D eigenvalue weighted by Crippen LogP contribution is 2.36. The number of nitrogens with one attached hydrogen (secondary N) is 2. The Labute approximate surface area is 138 Å². The Bertz CT molecular complexity index is 476. The van der Waals surface area contributed by atoms with Gasteiger partial charge in [0, 0.05) is 20.0 Å². The first-order valence-electron chi connectivity index (χ1n) is 6.09. The second-order valence-electron chi connectivity index (χ2n) is 5.04. The molecule has 1 fully saturated rings. The molecule has 1 aromatic rings. The zero-order valence-corrected chi connectivity index (χ0v) is 15.3. The maximum absolute atomic E-state index is 12.5. The van der Waals surface area contributed by atoms with Gasteiger partial charge in [-0.3, -0.25) is 4.79 Å². The Hall–Kier alpha value is 0.0900. The molecule has 0 bridgehead atoms. The number of halogens is 3. The number of hydrogen-bond acceptors (Lipinski definition) is 2. The van der Waals surface area contributed by atoms with Gasteiger partial charge in [-0.25, -0.2) is 0 Å². The second-order valence-corrected chi connectivity index (χ2v) is 7.66. The van der Waals surface area contributed by atoms with E-state index in [1.807, 2.05) is 19.1 Å². The SMILES string of the molecule is CC1(C(=O)Nc2c(Br)cc(Br)cc2Br)CCCNC1. The summed E-state index contributed by atoms with van der Waals surface area (Å²) >= 11 is 10.4. The van der Waals surface area contributed by atoms with Crippen LogP contribution in [0.1, 0.15) is 19.8 Å². The van der Waals surface area contributed by atoms with E-state index in [4.69, 9.17) is 0 Å². The third kappa shape index (κ3) is 3.60. The van der Waals surface area contributed by atoms with Gasteiger partial charge >= 0.3 is 0 Å². The molecule has 1 saturated heterocycles. The molecular weight excluding hydrogens is 440 g/mol. The number of carbonyl (C=O) groups excluding carboxylic acids is 1. The first kappa shape index (κ1) is 15.5. The van der Waals surface area contributed by atoms with Crippen molar-refractivity contribution in [2.45, 2.75) is 19.8 Å². The van der Waals surface area contributed by atoms with Gasteiger partial charge in [0.2, 0.25) is 5.91 Å². The van der Waals surface area contributed by atoms with Crippen molar-refractivity contribution >= 4 is 59.4 Å². The molecule has 104 valence electrons. The summed E-state index contributed by atoms with van der Waals surface area (Å²) in [5, 5.41) is 6.31. The van der Waals surface area contributed by atoms with Gasteiger partial charge in [0.25, 0.3) is 0 Å². The van der Waals surface area contributed by atoms with Crippen LogP contribution in [0.25, 0.3) is 0 Å². The molecule has 0 saturated carbocycles. The Morgan fingerprint density at radius 2 is 1.95 bits per heavy atom. The molecule has 0 radical (unpaired) electrons. The largest absolute Gasteiger partial charge is 0.324 e. The number of piperidine rings is 1. The van der Waals surface area contributed by atoms with E-state index in [0.29, 0.717) is 0 Å². The number of carbonyl (C=O) groups is 1. The van der Waals surface area contributed by atoms with Crippen molar-refractivity contribution in [3.63, 3.8) is 0 Å². The van der Waals surface area contributed by atoms with Crippen molar-refractivity contribution in [3.8, 4) is 0 Å². The van der Waals surface area contributed by atoms with Crippen LogP contribution in [0.2, 0.25) is 0 Å². The molecule has 0 aromatic heterocycles. The smallest absolute Gasteiger partial charge is 0.231 e. The molecule has 0 aliphatic carbocycles. The van der Waals surface area contributed by atoms with Crippen molar-refractivity contribution < 1.29 is 4.79 Å². The molecule has 19 heavy (non-hydrogen) atoms. The maximum Gasteiger partial charge on any atom is 0.231 e. The lowest BCUT2D eigenvalue weighted by Crippen LogP contribution is -2.46.